The summed E-state index contributed by atoms with van der Waals surface area (Å²) in [5.41, 5.74) is 5.81. The summed E-state index contributed by atoms with van der Waals surface area (Å²) in [4.78, 5) is 7.06. The number of rotatable bonds is 3. The van der Waals surface area contributed by atoms with Crippen molar-refractivity contribution in [3.8, 4) is 5.75 Å². The van der Waals surface area contributed by atoms with Gasteiger partial charge in [-0.15, -0.1) is 0 Å². The number of phenols is 1. The molecule has 1 heterocycles. The first kappa shape index (κ1) is 18.5. The molecule has 0 aromatic heterocycles. The fraction of sp³-hybridized carbons (Fsp3) is 0.435. The Morgan fingerprint density at radius 2 is 1.92 bits per heavy atom. The molecule has 0 amide bonds. The van der Waals surface area contributed by atoms with Crippen molar-refractivity contribution < 1.29 is 5.11 Å². The van der Waals surface area contributed by atoms with Crippen LogP contribution in [0.5, 0.6) is 5.75 Å². The van der Waals surface area contributed by atoms with E-state index < -0.39 is 0 Å². The van der Waals surface area contributed by atoms with Crippen LogP contribution >= 0.6 is 0 Å². The maximum atomic E-state index is 9.92. The molecule has 1 aliphatic rings. The fourth-order valence-corrected chi connectivity index (χ4v) is 4.44. The van der Waals surface area contributed by atoms with Crippen molar-refractivity contribution in [3.63, 3.8) is 0 Å². The smallest absolute Gasteiger partial charge is 0.141 e. The number of anilines is 1. The van der Waals surface area contributed by atoms with Gasteiger partial charge in [0, 0.05) is 23.5 Å². The molecule has 0 aliphatic carbocycles. The van der Waals surface area contributed by atoms with Gasteiger partial charge in [-0.05, 0) is 87.9 Å². The zero-order valence-corrected chi connectivity index (χ0v) is 16.7. The Bertz CT molecular complexity index is 836. The largest absolute Gasteiger partial charge is 0.506 e. The maximum Gasteiger partial charge on any atom is 0.141 e. The second-order valence-corrected chi connectivity index (χ2v) is 8.40. The van der Waals surface area contributed by atoms with Gasteiger partial charge < -0.3 is 10.0 Å². The lowest BCUT2D eigenvalue weighted by molar-refractivity contribution is 0.356. The zero-order valence-electron chi connectivity index (χ0n) is 16.7. The first-order valence-electron chi connectivity index (χ1n) is 9.46. The molecule has 0 radical (unpaired) electrons. The number of benzene rings is 2. The van der Waals surface area contributed by atoms with Crippen LogP contribution in [0.25, 0.3) is 0 Å². The highest BCUT2D eigenvalue weighted by Gasteiger charge is 2.37. The van der Waals surface area contributed by atoms with Crippen LogP contribution in [0.1, 0.15) is 63.6 Å². The number of fused-ring (bicyclic) bond motifs is 1. The van der Waals surface area contributed by atoms with E-state index in [4.69, 9.17) is 0 Å². The van der Waals surface area contributed by atoms with Crippen molar-refractivity contribution in [2.75, 3.05) is 4.90 Å². The van der Waals surface area contributed by atoms with Gasteiger partial charge in [0.1, 0.15) is 11.4 Å². The monoisotopic (exact) mass is 350 g/mol. The predicted octanol–water partition coefficient (Wildman–Crippen LogP) is 5.95. The Morgan fingerprint density at radius 1 is 1.23 bits per heavy atom. The molecule has 1 aliphatic heterocycles. The molecule has 0 spiro atoms. The molecule has 2 aromatic rings. The lowest BCUT2D eigenvalue weighted by Gasteiger charge is -2.50. The predicted molar refractivity (Wildman–Crippen MR) is 111 cm³/mol. The average Bonchev–Trinajstić information content (AvgIpc) is 2.53. The van der Waals surface area contributed by atoms with E-state index >= 15 is 0 Å². The topological polar surface area (TPSA) is 35.8 Å². The third kappa shape index (κ3) is 3.35. The quantitative estimate of drug-likeness (QED) is 0.694. The van der Waals surface area contributed by atoms with E-state index in [-0.39, 0.29) is 11.3 Å². The van der Waals surface area contributed by atoms with E-state index in [2.05, 4.69) is 63.6 Å². The summed E-state index contributed by atoms with van der Waals surface area (Å²) in [7, 11) is 0. The van der Waals surface area contributed by atoms with Crippen LogP contribution < -0.4 is 4.90 Å². The molecular weight excluding hydrogens is 320 g/mol. The number of hydrogen-bond donors (Lipinski definition) is 1. The molecule has 0 saturated heterocycles. The van der Waals surface area contributed by atoms with E-state index in [1.165, 1.54) is 16.8 Å². The van der Waals surface area contributed by atoms with Gasteiger partial charge in [0.05, 0.1) is 0 Å². The number of aromatic hydroxyl groups is 1. The lowest BCUT2D eigenvalue weighted by Crippen LogP contribution is -2.51. The summed E-state index contributed by atoms with van der Waals surface area (Å²) in [5.74, 6) is 0.716. The van der Waals surface area contributed by atoms with Crippen molar-refractivity contribution in [1.29, 1.82) is 0 Å². The van der Waals surface area contributed by atoms with Gasteiger partial charge in [-0.2, -0.15) is 0 Å². The van der Waals surface area contributed by atoms with Gasteiger partial charge in [0.25, 0.3) is 0 Å². The summed E-state index contributed by atoms with van der Waals surface area (Å²) >= 11 is 0. The van der Waals surface area contributed by atoms with Crippen LogP contribution in [0.3, 0.4) is 0 Å². The van der Waals surface area contributed by atoms with Crippen LogP contribution in [-0.2, 0) is 0 Å². The van der Waals surface area contributed by atoms with Crippen molar-refractivity contribution >= 4 is 17.6 Å². The SMILES string of the molecule is Cc1cc2c(cc1C=Nc1ccccc1O)C(C)CC(C)(C)N2C(C)C. The van der Waals surface area contributed by atoms with Gasteiger partial charge in [0.2, 0.25) is 0 Å². The standard InChI is InChI=1S/C23H30N2O/c1-15(2)25-21-11-16(3)18(12-19(21)17(4)13-23(25,5)6)14-24-20-9-7-8-10-22(20)26/h7-12,14-15,17,26H,13H2,1-6H3. The molecule has 1 unspecified atom stereocenters. The minimum absolute atomic E-state index is 0.151. The van der Waals surface area contributed by atoms with Gasteiger partial charge in [-0.25, -0.2) is 0 Å². The van der Waals surface area contributed by atoms with Crippen LogP contribution in [0.4, 0.5) is 11.4 Å². The molecule has 3 heteroatoms. The molecule has 3 rings (SSSR count). The Balaban J connectivity index is 2.05. The molecule has 1 N–H and O–H groups in total. The number of nitrogens with zero attached hydrogens (tertiary/aromatic N) is 2. The molecule has 138 valence electrons. The molecule has 1 atom stereocenters. The number of aryl methyl sites for hydroxylation is 1. The number of phenolic OH excluding ortho intramolecular Hbond substituents is 1. The summed E-state index contributed by atoms with van der Waals surface area (Å²) < 4.78 is 0. The van der Waals surface area contributed by atoms with Gasteiger partial charge in [-0.3, -0.25) is 4.99 Å². The average molecular weight is 351 g/mol. The summed E-state index contributed by atoms with van der Waals surface area (Å²) in [5, 5.41) is 9.92. The molecule has 0 saturated carbocycles. The number of hydrogen-bond acceptors (Lipinski definition) is 3. The van der Waals surface area contributed by atoms with Crippen molar-refractivity contribution in [2.24, 2.45) is 4.99 Å². The third-order valence-corrected chi connectivity index (χ3v) is 5.40. The van der Waals surface area contributed by atoms with Crippen LogP contribution in [0.2, 0.25) is 0 Å². The van der Waals surface area contributed by atoms with Crippen molar-refractivity contribution in [3.05, 3.63) is 53.1 Å². The first-order chi connectivity index (χ1) is 12.2. The van der Waals surface area contributed by atoms with E-state index in [1.807, 2.05) is 24.4 Å². The fourth-order valence-electron chi connectivity index (χ4n) is 4.44. The van der Waals surface area contributed by atoms with E-state index in [9.17, 15) is 5.11 Å². The maximum absolute atomic E-state index is 9.92. The lowest BCUT2D eigenvalue weighted by atomic mass is 9.78. The molecular formula is C23H30N2O. The Morgan fingerprint density at radius 3 is 2.58 bits per heavy atom. The van der Waals surface area contributed by atoms with E-state index in [0.717, 1.165) is 12.0 Å². The minimum Gasteiger partial charge on any atom is -0.506 e. The van der Waals surface area contributed by atoms with Crippen molar-refractivity contribution in [2.45, 2.75) is 65.5 Å². The Kier molecular flexibility index (Phi) is 4.83. The number of para-hydroxylation sites is 2. The summed E-state index contributed by atoms with van der Waals surface area (Å²) in [6.45, 7) is 13.7. The summed E-state index contributed by atoms with van der Waals surface area (Å²) in [6.07, 6.45) is 3.01. The third-order valence-electron chi connectivity index (χ3n) is 5.40. The number of aliphatic imine (C=N–C) groups is 1. The minimum atomic E-state index is 0.151. The molecule has 0 fully saturated rings. The van der Waals surface area contributed by atoms with Gasteiger partial charge in [-0.1, -0.05) is 19.1 Å². The normalized spacial score (nSPS) is 19.2. The molecule has 2 aromatic carbocycles. The Labute approximate surface area is 157 Å². The van der Waals surface area contributed by atoms with Crippen LogP contribution in [-0.4, -0.2) is 22.9 Å². The Hall–Kier alpha value is -2.29. The molecule has 26 heavy (non-hydrogen) atoms. The summed E-state index contributed by atoms with van der Waals surface area (Å²) in [6, 6.07) is 12.2. The highest BCUT2D eigenvalue weighted by atomic mass is 16.3. The van der Waals surface area contributed by atoms with Gasteiger partial charge >= 0.3 is 0 Å². The highest BCUT2D eigenvalue weighted by Crippen LogP contribution is 2.45. The second kappa shape index (κ2) is 6.79. The van der Waals surface area contributed by atoms with Gasteiger partial charge in [0.15, 0.2) is 0 Å². The van der Waals surface area contributed by atoms with E-state index in [1.54, 1.807) is 6.07 Å². The molecule has 0 bridgehead atoms. The first-order valence-corrected chi connectivity index (χ1v) is 9.46. The van der Waals surface area contributed by atoms with E-state index in [0.29, 0.717) is 17.6 Å². The van der Waals surface area contributed by atoms with Crippen molar-refractivity contribution in [1.82, 2.24) is 0 Å². The zero-order chi connectivity index (χ0) is 19.1. The highest BCUT2D eigenvalue weighted by molar-refractivity contribution is 5.86. The van der Waals surface area contributed by atoms with Crippen LogP contribution in [0.15, 0.2) is 41.4 Å². The molecule has 3 nitrogen and oxygen atoms in total. The second-order valence-electron chi connectivity index (χ2n) is 8.40. The van der Waals surface area contributed by atoms with Crippen LogP contribution in [0, 0.1) is 6.92 Å².